The SMILES string of the molecule is CCc1nnc(NC(=O)CCC(=O)N2CCC(c3nc(-c4ccc(Cl)c(Cl)c4)cs3)CC2)s1. The normalized spacial score (nSPS) is 14.5. The molecule has 3 heterocycles. The Morgan fingerprint density at radius 2 is 1.94 bits per heavy atom. The van der Waals surface area contributed by atoms with E-state index in [-0.39, 0.29) is 24.7 Å². The molecule has 1 saturated heterocycles. The summed E-state index contributed by atoms with van der Waals surface area (Å²) in [6.07, 6.45) is 2.82. The van der Waals surface area contributed by atoms with Crippen molar-refractivity contribution >= 4 is 62.8 Å². The average molecular weight is 524 g/mol. The van der Waals surface area contributed by atoms with Gasteiger partial charge >= 0.3 is 0 Å². The molecule has 0 radical (unpaired) electrons. The number of halogens is 2. The highest BCUT2D eigenvalue weighted by atomic mass is 35.5. The van der Waals surface area contributed by atoms with Crippen LogP contribution in [0.2, 0.25) is 10.0 Å². The third kappa shape index (κ3) is 6.09. The molecule has 7 nitrogen and oxygen atoms in total. The maximum Gasteiger partial charge on any atom is 0.226 e. The molecule has 0 aliphatic carbocycles. The second-order valence-electron chi connectivity index (χ2n) is 7.76. The number of rotatable bonds is 7. The fourth-order valence-corrected chi connectivity index (χ4v) is 5.64. The van der Waals surface area contributed by atoms with Crippen molar-refractivity contribution in [1.82, 2.24) is 20.1 Å². The van der Waals surface area contributed by atoms with Crippen molar-refractivity contribution in [1.29, 1.82) is 0 Å². The zero-order chi connectivity index (χ0) is 23.4. The molecule has 0 atom stereocenters. The van der Waals surface area contributed by atoms with Crippen LogP contribution in [0.1, 0.15) is 48.5 Å². The lowest BCUT2D eigenvalue weighted by molar-refractivity contribution is -0.133. The zero-order valence-electron chi connectivity index (χ0n) is 18.0. The van der Waals surface area contributed by atoms with Gasteiger partial charge in [0, 0.05) is 42.8 Å². The van der Waals surface area contributed by atoms with E-state index in [0.717, 1.165) is 40.5 Å². The van der Waals surface area contributed by atoms with Crippen molar-refractivity contribution in [3.63, 3.8) is 0 Å². The molecule has 2 aromatic heterocycles. The van der Waals surface area contributed by atoms with Gasteiger partial charge in [-0.1, -0.05) is 47.5 Å². The Balaban J connectivity index is 1.24. The topological polar surface area (TPSA) is 88.1 Å². The summed E-state index contributed by atoms with van der Waals surface area (Å²) in [5, 5.41) is 16.1. The van der Waals surface area contributed by atoms with Crippen molar-refractivity contribution in [3.8, 4) is 11.3 Å². The number of aryl methyl sites for hydroxylation is 1. The van der Waals surface area contributed by atoms with E-state index in [1.807, 2.05) is 29.3 Å². The second-order valence-corrected chi connectivity index (χ2v) is 10.5. The second kappa shape index (κ2) is 10.9. The number of anilines is 1. The maximum absolute atomic E-state index is 12.6. The summed E-state index contributed by atoms with van der Waals surface area (Å²) < 4.78 is 0. The number of piperidine rings is 1. The van der Waals surface area contributed by atoms with Crippen molar-refractivity contribution < 1.29 is 9.59 Å². The fraction of sp³-hybridized carbons (Fsp3) is 0.409. The van der Waals surface area contributed by atoms with Crippen molar-refractivity contribution in [2.24, 2.45) is 0 Å². The number of thiazole rings is 1. The molecular weight excluding hydrogens is 501 g/mol. The first-order chi connectivity index (χ1) is 15.9. The number of benzene rings is 1. The van der Waals surface area contributed by atoms with Crippen molar-refractivity contribution in [2.75, 3.05) is 18.4 Å². The van der Waals surface area contributed by atoms with E-state index in [0.29, 0.717) is 34.2 Å². The van der Waals surface area contributed by atoms with Gasteiger partial charge in [0.2, 0.25) is 16.9 Å². The molecule has 3 aromatic rings. The minimum Gasteiger partial charge on any atom is -0.343 e. The molecule has 174 valence electrons. The number of carbonyl (C=O) groups is 2. The number of nitrogens with one attached hydrogen (secondary N) is 1. The van der Waals surface area contributed by atoms with Gasteiger partial charge in [-0.05, 0) is 31.4 Å². The Morgan fingerprint density at radius 1 is 1.15 bits per heavy atom. The van der Waals surface area contributed by atoms with Crippen LogP contribution in [0.25, 0.3) is 11.3 Å². The highest BCUT2D eigenvalue weighted by molar-refractivity contribution is 7.15. The number of amides is 2. The first kappa shape index (κ1) is 24.1. The highest BCUT2D eigenvalue weighted by Gasteiger charge is 2.26. The van der Waals surface area contributed by atoms with Gasteiger partial charge in [0.05, 0.1) is 20.7 Å². The summed E-state index contributed by atoms with van der Waals surface area (Å²) in [4.78, 5) is 31.4. The Labute approximate surface area is 210 Å². The number of hydrogen-bond acceptors (Lipinski definition) is 7. The standard InChI is InChI=1S/C22H23Cl2N5O2S2/c1-2-19-27-28-22(33-19)26-18(30)5-6-20(31)29-9-7-13(8-10-29)21-25-17(12-32-21)14-3-4-15(23)16(24)11-14/h3-4,11-13H,2,5-10H2,1H3,(H,26,28,30). The molecule has 11 heteroatoms. The van der Waals surface area contributed by atoms with Crippen LogP contribution in [-0.4, -0.2) is 45.0 Å². The van der Waals surface area contributed by atoms with Crippen LogP contribution in [0.3, 0.4) is 0 Å². The summed E-state index contributed by atoms with van der Waals surface area (Å²) >= 11 is 15.1. The van der Waals surface area contributed by atoms with Gasteiger partial charge in [-0.25, -0.2) is 4.98 Å². The predicted molar refractivity (Wildman–Crippen MR) is 133 cm³/mol. The number of nitrogens with zero attached hydrogens (tertiary/aromatic N) is 4. The Morgan fingerprint density at radius 3 is 2.64 bits per heavy atom. The van der Waals surface area contributed by atoms with Crippen LogP contribution in [0.5, 0.6) is 0 Å². The van der Waals surface area contributed by atoms with Gasteiger partial charge in [-0.2, -0.15) is 0 Å². The van der Waals surface area contributed by atoms with Crippen molar-refractivity contribution in [3.05, 3.63) is 43.6 Å². The lowest BCUT2D eigenvalue weighted by Crippen LogP contribution is -2.38. The molecule has 4 rings (SSSR count). The number of aromatic nitrogens is 3. The van der Waals surface area contributed by atoms with E-state index in [2.05, 4.69) is 15.5 Å². The minimum atomic E-state index is -0.213. The monoisotopic (exact) mass is 523 g/mol. The van der Waals surface area contributed by atoms with E-state index < -0.39 is 0 Å². The van der Waals surface area contributed by atoms with Crippen LogP contribution in [0.4, 0.5) is 5.13 Å². The molecule has 1 fully saturated rings. The molecule has 0 spiro atoms. The first-order valence-corrected chi connectivity index (χ1v) is 13.2. The molecule has 1 aliphatic rings. The Bertz CT molecular complexity index is 1140. The molecule has 33 heavy (non-hydrogen) atoms. The average Bonchev–Trinajstić information content (AvgIpc) is 3.49. The van der Waals surface area contributed by atoms with Gasteiger partial charge in [-0.3, -0.25) is 9.59 Å². The van der Waals surface area contributed by atoms with E-state index in [1.165, 1.54) is 11.3 Å². The van der Waals surface area contributed by atoms with Crippen LogP contribution in [0.15, 0.2) is 23.6 Å². The Kier molecular flexibility index (Phi) is 7.95. The largest absolute Gasteiger partial charge is 0.343 e. The van der Waals surface area contributed by atoms with Gasteiger partial charge in [0.25, 0.3) is 0 Å². The molecular formula is C22H23Cl2N5O2S2. The van der Waals surface area contributed by atoms with Crippen LogP contribution >= 0.6 is 45.9 Å². The van der Waals surface area contributed by atoms with E-state index in [1.54, 1.807) is 17.4 Å². The third-order valence-corrected chi connectivity index (χ3v) is 8.25. The molecule has 0 saturated carbocycles. The summed E-state index contributed by atoms with van der Waals surface area (Å²) in [5.74, 6) is 0.115. The molecule has 0 bridgehead atoms. The number of carbonyl (C=O) groups excluding carboxylic acids is 2. The predicted octanol–water partition coefficient (Wildman–Crippen LogP) is 5.66. The van der Waals surface area contributed by atoms with Gasteiger partial charge in [0.1, 0.15) is 5.01 Å². The molecule has 2 amide bonds. The number of likely N-dealkylation sites (tertiary alicyclic amines) is 1. The van der Waals surface area contributed by atoms with Crippen molar-refractivity contribution in [2.45, 2.75) is 44.9 Å². The Hall–Kier alpha value is -2.07. The summed E-state index contributed by atoms with van der Waals surface area (Å²) in [7, 11) is 0. The van der Waals surface area contributed by atoms with Crippen LogP contribution in [-0.2, 0) is 16.0 Å². The lowest BCUT2D eigenvalue weighted by Gasteiger charge is -2.31. The van der Waals surface area contributed by atoms with Crippen LogP contribution in [0, 0.1) is 0 Å². The smallest absolute Gasteiger partial charge is 0.226 e. The number of hydrogen-bond donors (Lipinski definition) is 1. The third-order valence-electron chi connectivity index (χ3n) is 5.52. The van der Waals surface area contributed by atoms with Gasteiger partial charge < -0.3 is 10.2 Å². The van der Waals surface area contributed by atoms with E-state index in [9.17, 15) is 9.59 Å². The first-order valence-electron chi connectivity index (χ1n) is 10.7. The molecule has 0 unspecified atom stereocenters. The molecule has 1 aliphatic heterocycles. The van der Waals surface area contributed by atoms with E-state index >= 15 is 0 Å². The zero-order valence-corrected chi connectivity index (χ0v) is 21.2. The van der Waals surface area contributed by atoms with Gasteiger partial charge in [-0.15, -0.1) is 21.5 Å². The lowest BCUT2D eigenvalue weighted by atomic mass is 9.97. The summed E-state index contributed by atoms with van der Waals surface area (Å²) in [5.41, 5.74) is 1.83. The maximum atomic E-state index is 12.6. The van der Waals surface area contributed by atoms with Gasteiger partial charge in [0.15, 0.2) is 0 Å². The highest BCUT2D eigenvalue weighted by Crippen LogP contribution is 2.34. The fourth-order valence-electron chi connectivity index (χ4n) is 3.65. The summed E-state index contributed by atoms with van der Waals surface area (Å²) in [6, 6.07) is 5.52. The minimum absolute atomic E-state index is 0.00532. The molecule has 1 aromatic carbocycles. The van der Waals surface area contributed by atoms with Crippen LogP contribution < -0.4 is 5.32 Å². The molecule has 1 N–H and O–H groups in total. The summed E-state index contributed by atoms with van der Waals surface area (Å²) in [6.45, 7) is 3.32. The quantitative estimate of drug-likeness (QED) is 0.431. The van der Waals surface area contributed by atoms with E-state index in [4.69, 9.17) is 28.2 Å².